The van der Waals surface area contributed by atoms with Crippen LogP contribution in [0.3, 0.4) is 0 Å². The van der Waals surface area contributed by atoms with Crippen molar-refractivity contribution in [1.29, 1.82) is 0 Å². The van der Waals surface area contributed by atoms with E-state index in [2.05, 4.69) is 5.32 Å². The van der Waals surface area contributed by atoms with Gasteiger partial charge in [-0.15, -0.1) is 0 Å². The second kappa shape index (κ2) is 5.84. The van der Waals surface area contributed by atoms with Crippen LogP contribution in [0, 0.1) is 5.92 Å². The summed E-state index contributed by atoms with van der Waals surface area (Å²) in [5.41, 5.74) is 0. The Bertz CT molecular complexity index is 267. The molecule has 3 unspecified atom stereocenters. The van der Waals surface area contributed by atoms with Gasteiger partial charge in [0, 0.05) is 13.2 Å². The molecule has 0 aromatic rings. The first-order valence-corrected chi connectivity index (χ1v) is 5.62. The maximum absolute atomic E-state index is 11.6. The lowest BCUT2D eigenvalue weighted by atomic mass is 9.84. The number of aliphatic carboxylic acids is 1. The van der Waals surface area contributed by atoms with Crippen molar-refractivity contribution in [2.75, 3.05) is 7.11 Å². The second-order valence-electron chi connectivity index (χ2n) is 4.22. The van der Waals surface area contributed by atoms with Gasteiger partial charge in [-0.2, -0.15) is 0 Å². The standard InChI is InChI=1S/C11H19NO4/c1-7(16-2)10(13)12-9-6-4-3-5-8(9)11(14)15/h7-9H,3-6H2,1-2H3,(H,12,13)(H,14,15). The van der Waals surface area contributed by atoms with E-state index in [0.717, 1.165) is 19.3 Å². The predicted octanol–water partition coefficient (Wildman–Crippen LogP) is 0.781. The van der Waals surface area contributed by atoms with E-state index in [1.54, 1.807) is 6.92 Å². The highest BCUT2D eigenvalue weighted by Gasteiger charge is 2.32. The van der Waals surface area contributed by atoms with Crippen LogP contribution in [-0.4, -0.2) is 36.2 Å². The van der Waals surface area contributed by atoms with E-state index in [1.165, 1.54) is 7.11 Å². The molecule has 0 radical (unpaired) electrons. The number of carbonyl (C=O) groups is 2. The van der Waals surface area contributed by atoms with Gasteiger partial charge < -0.3 is 15.2 Å². The van der Waals surface area contributed by atoms with E-state index in [-0.39, 0.29) is 11.9 Å². The van der Waals surface area contributed by atoms with Crippen LogP contribution in [-0.2, 0) is 14.3 Å². The third-order valence-electron chi connectivity index (χ3n) is 3.13. The fraction of sp³-hybridized carbons (Fsp3) is 0.818. The maximum Gasteiger partial charge on any atom is 0.308 e. The molecule has 0 aliphatic heterocycles. The van der Waals surface area contributed by atoms with Gasteiger partial charge in [-0.1, -0.05) is 12.8 Å². The molecule has 3 atom stereocenters. The highest BCUT2D eigenvalue weighted by atomic mass is 16.5. The van der Waals surface area contributed by atoms with E-state index >= 15 is 0 Å². The Morgan fingerprint density at radius 3 is 2.56 bits per heavy atom. The van der Waals surface area contributed by atoms with Crippen molar-refractivity contribution in [3.05, 3.63) is 0 Å². The number of carbonyl (C=O) groups excluding carboxylic acids is 1. The van der Waals surface area contributed by atoms with Crippen molar-refractivity contribution in [2.24, 2.45) is 5.92 Å². The Kier molecular flexibility index (Phi) is 4.73. The molecular weight excluding hydrogens is 210 g/mol. The third-order valence-corrected chi connectivity index (χ3v) is 3.13. The topological polar surface area (TPSA) is 75.6 Å². The molecule has 1 aliphatic carbocycles. The lowest BCUT2D eigenvalue weighted by Crippen LogP contribution is -2.48. The minimum Gasteiger partial charge on any atom is -0.481 e. The van der Waals surface area contributed by atoms with Crippen LogP contribution >= 0.6 is 0 Å². The molecule has 0 spiro atoms. The van der Waals surface area contributed by atoms with E-state index < -0.39 is 18.0 Å². The SMILES string of the molecule is COC(C)C(=O)NC1CCCCC1C(=O)O. The predicted molar refractivity (Wildman–Crippen MR) is 58.0 cm³/mol. The zero-order valence-electron chi connectivity index (χ0n) is 9.73. The van der Waals surface area contributed by atoms with Gasteiger partial charge in [-0.05, 0) is 19.8 Å². The average Bonchev–Trinajstić information content (AvgIpc) is 2.28. The summed E-state index contributed by atoms with van der Waals surface area (Å²) in [7, 11) is 1.46. The quantitative estimate of drug-likeness (QED) is 0.747. The van der Waals surface area contributed by atoms with Gasteiger partial charge in [0.25, 0.3) is 0 Å². The summed E-state index contributed by atoms with van der Waals surface area (Å²) in [5, 5.41) is 11.8. The zero-order chi connectivity index (χ0) is 12.1. The smallest absolute Gasteiger partial charge is 0.308 e. The van der Waals surface area contributed by atoms with Gasteiger partial charge >= 0.3 is 5.97 Å². The van der Waals surface area contributed by atoms with Crippen LogP contribution in [0.4, 0.5) is 0 Å². The highest BCUT2D eigenvalue weighted by molar-refractivity contribution is 5.81. The van der Waals surface area contributed by atoms with Crippen LogP contribution in [0.1, 0.15) is 32.6 Å². The van der Waals surface area contributed by atoms with Crippen LogP contribution in [0.15, 0.2) is 0 Å². The Morgan fingerprint density at radius 1 is 1.38 bits per heavy atom. The molecule has 5 heteroatoms. The minimum absolute atomic E-state index is 0.236. The van der Waals surface area contributed by atoms with E-state index in [4.69, 9.17) is 9.84 Å². The molecule has 5 nitrogen and oxygen atoms in total. The largest absolute Gasteiger partial charge is 0.481 e. The lowest BCUT2D eigenvalue weighted by molar-refractivity contribution is -0.144. The van der Waals surface area contributed by atoms with Gasteiger partial charge in [-0.25, -0.2) is 0 Å². The summed E-state index contributed by atoms with van der Waals surface area (Å²) in [5.74, 6) is -1.52. The van der Waals surface area contributed by atoms with E-state index in [1.807, 2.05) is 0 Å². The first-order valence-electron chi connectivity index (χ1n) is 5.62. The van der Waals surface area contributed by atoms with Crippen molar-refractivity contribution in [2.45, 2.75) is 44.8 Å². The lowest BCUT2D eigenvalue weighted by Gasteiger charge is -2.29. The number of amides is 1. The molecule has 1 saturated carbocycles. The van der Waals surface area contributed by atoms with Crippen molar-refractivity contribution < 1.29 is 19.4 Å². The normalized spacial score (nSPS) is 27.1. The van der Waals surface area contributed by atoms with Gasteiger partial charge in [-0.3, -0.25) is 9.59 Å². The molecule has 1 fully saturated rings. The van der Waals surface area contributed by atoms with Gasteiger partial charge in [0.1, 0.15) is 6.10 Å². The number of rotatable bonds is 4. The number of hydrogen-bond donors (Lipinski definition) is 2. The molecule has 16 heavy (non-hydrogen) atoms. The summed E-state index contributed by atoms with van der Waals surface area (Å²) < 4.78 is 4.89. The number of methoxy groups -OCH3 is 1. The molecule has 1 rings (SSSR count). The number of hydrogen-bond acceptors (Lipinski definition) is 3. The highest BCUT2D eigenvalue weighted by Crippen LogP contribution is 2.24. The molecule has 1 amide bonds. The number of carboxylic acids is 1. The molecule has 1 aliphatic rings. The van der Waals surface area contributed by atoms with Crippen LogP contribution in [0.2, 0.25) is 0 Å². The maximum atomic E-state index is 11.6. The van der Waals surface area contributed by atoms with Crippen molar-refractivity contribution in [3.63, 3.8) is 0 Å². The summed E-state index contributed by atoms with van der Waals surface area (Å²) in [4.78, 5) is 22.6. The molecule has 0 aromatic heterocycles. The van der Waals surface area contributed by atoms with Crippen molar-refractivity contribution in [3.8, 4) is 0 Å². The van der Waals surface area contributed by atoms with E-state index in [9.17, 15) is 9.59 Å². The molecule has 0 aromatic carbocycles. The van der Waals surface area contributed by atoms with Crippen LogP contribution in [0.25, 0.3) is 0 Å². The van der Waals surface area contributed by atoms with Gasteiger partial charge in [0.2, 0.25) is 5.91 Å². The first kappa shape index (κ1) is 13.0. The number of carboxylic acid groups (broad SMARTS) is 1. The fourth-order valence-corrected chi connectivity index (χ4v) is 2.01. The van der Waals surface area contributed by atoms with Crippen LogP contribution < -0.4 is 5.32 Å². The zero-order valence-corrected chi connectivity index (χ0v) is 9.73. The first-order chi connectivity index (χ1) is 7.56. The van der Waals surface area contributed by atoms with E-state index in [0.29, 0.717) is 6.42 Å². The average molecular weight is 229 g/mol. The van der Waals surface area contributed by atoms with Crippen molar-refractivity contribution in [1.82, 2.24) is 5.32 Å². The van der Waals surface area contributed by atoms with Gasteiger partial charge in [0.15, 0.2) is 0 Å². The molecule has 2 N–H and O–H groups in total. The Balaban J connectivity index is 2.56. The molecule has 0 bridgehead atoms. The monoisotopic (exact) mass is 229 g/mol. The molecule has 92 valence electrons. The molecular formula is C11H19NO4. The fourth-order valence-electron chi connectivity index (χ4n) is 2.01. The number of ether oxygens (including phenoxy) is 1. The summed E-state index contributed by atoms with van der Waals surface area (Å²) in [6, 6.07) is -0.253. The van der Waals surface area contributed by atoms with Crippen LogP contribution in [0.5, 0.6) is 0 Å². The van der Waals surface area contributed by atoms with Crippen molar-refractivity contribution >= 4 is 11.9 Å². The minimum atomic E-state index is -0.824. The second-order valence-corrected chi connectivity index (χ2v) is 4.22. The summed E-state index contributed by atoms with van der Waals surface area (Å²) >= 11 is 0. The molecule has 0 heterocycles. The summed E-state index contributed by atoms with van der Waals surface area (Å²) in [6.45, 7) is 1.65. The molecule has 0 saturated heterocycles. The Morgan fingerprint density at radius 2 is 2.00 bits per heavy atom. The third kappa shape index (κ3) is 3.20. The number of nitrogens with one attached hydrogen (secondary N) is 1. The van der Waals surface area contributed by atoms with Gasteiger partial charge in [0.05, 0.1) is 5.92 Å². The Hall–Kier alpha value is -1.10. The summed E-state index contributed by atoms with van der Waals surface area (Å²) in [6.07, 6.45) is 2.73. The Labute approximate surface area is 95.2 Å².